The van der Waals surface area contributed by atoms with Gasteiger partial charge in [-0.15, -0.1) is 10.2 Å². The number of rotatable bonds is 11. The smallest absolute Gasteiger partial charge is 0.338 e. The van der Waals surface area contributed by atoms with E-state index in [2.05, 4.69) is 37.9 Å². The van der Waals surface area contributed by atoms with Crippen LogP contribution in [0.1, 0.15) is 87.7 Å². The van der Waals surface area contributed by atoms with E-state index < -0.39 is 0 Å². The van der Waals surface area contributed by atoms with E-state index in [1.807, 2.05) is 30.3 Å². The lowest BCUT2D eigenvalue weighted by molar-refractivity contribution is 0.0497. The third kappa shape index (κ3) is 6.41. The fourth-order valence-corrected chi connectivity index (χ4v) is 4.09. The molecule has 0 bridgehead atoms. The molecule has 0 spiro atoms. The van der Waals surface area contributed by atoms with E-state index in [0.717, 1.165) is 35.0 Å². The van der Waals surface area contributed by atoms with Crippen LogP contribution in [0.2, 0.25) is 0 Å². The minimum atomic E-state index is -0.331. The molecule has 0 unspecified atom stereocenters. The molecule has 0 saturated heterocycles. The zero-order chi connectivity index (χ0) is 23.8. The first-order chi connectivity index (χ1) is 15.8. The van der Waals surface area contributed by atoms with Gasteiger partial charge in [-0.1, -0.05) is 71.9 Å². The number of aromatic nitrogens is 3. The van der Waals surface area contributed by atoms with Gasteiger partial charge in [-0.05, 0) is 53.6 Å². The highest BCUT2D eigenvalue weighted by atomic mass is 16.5. The first-order valence-electron chi connectivity index (χ1n) is 12.1. The highest BCUT2D eigenvalue weighted by Gasteiger charge is 2.25. The summed E-state index contributed by atoms with van der Waals surface area (Å²) in [4.78, 5) is 14.5. The zero-order valence-corrected chi connectivity index (χ0v) is 20.4. The second kappa shape index (κ2) is 11.4. The Labute approximate surface area is 197 Å². The molecule has 6 heteroatoms. The van der Waals surface area contributed by atoms with Gasteiger partial charge in [-0.25, -0.2) is 4.79 Å². The number of aliphatic hydroxyl groups excluding tert-OH is 1. The predicted molar refractivity (Wildman–Crippen MR) is 132 cm³/mol. The quantitative estimate of drug-likeness (QED) is 0.296. The fourth-order valence-electron chi connectivity index (χ4n) is 4.09. The van der Waals surface area contributed by atoms with Gasteiger partial charge >= 0.3 is 5.97 Å². The van der Waals surface area contributed by atoms with Gasteiger partial charge in [0.15, 0.2) is 0 Å². The normalized spacial score (nSPS) is 11.8. The van der Waals surface area contributed by atoms with Gasteiger partial charge < -0.3 is 9.84 Å². The van der Waals surface area contributed by atoms with Crippen LogP contribution in [0.4, 0.5) is 0 Å². The molecule has 0 radical (unpaired) electrons. The minimum absolute atomic E-state index is 0.00130. The molecule has 0 atom stereocenters. The van der Waals surface area contributed by atoms with Gasteiger partial charge in [-0.3, -0.25) is 0 Å². The largest absolute Gasteiger partial charge is 0.462 e. The number of carbonyl (C=O) groups excluding carboxylic acids is 1. The van der Waals surface area contributed by atoms with Crippen LogP contribution in [0.3, 0.4) is 0 Å². The molecule has 1 aromatic heterocycles. The Hall–Kier alpha value is -2.73. The molecule has 6 nitrogen and oxygen atoms in total. The first-order valence-corrected chi connectivity index (χ1v) is 12.1. The van der Waals surface area contributed by atoms with Crippen LogP contribution in [0.5, 0.6) is 0 Å². The standard InChI is InChI=1S/C27H37N3O3/c1-5-6-7-8-9-12-17-33-26(32)20-18-22(27(2,3)4)21(15-16-31)25(19-20)30-28-23-13-10-11-14-24(23)29-30/h10-11,13-14,18-19,31H,5-9,12,15-17H2,1-4H3. The second-order valence-electron chi connectivity index (χ2n) is 9.63. The lowest BCUT2D eigenvalue weighted by atomic mass is 9.81. The predicted octanol–water partition coefficient (Wildman–Crippen LogP) is 5.77. The van der Waals surface area contributed by atoms with E-state index in [4.69, 9.17) is 4.74 Å². The number of benzene rings is 2. The van der Waals surface area contributed by atoms with E-state index in [1.165, 1.54) is 25.7 Å². The summed E-state index contributed by atoms with van der Waals surface area (Å²) in [5, 5.41) is 19.0. The van der Waals surface area contributed by atoms with Crippen molar-refractivity contribution in [1.82, 2.24) is 15.0 Å². The molecule has 0 aliphatic heterocycles. The van der Waals surface area contributed by atoms with Crippen molar-refractivity contribution in [3.63, 3.8) is 0 Å². The molecule has 33 heavy (non-hydrogen) atoms. The Bertz CT molecular complexity index is 1030. The Morgan fingerprint density at radius 2 is 1.64 bits per heavy atom. The Balaban J connectivity index is 1.91. The molecule has 1 heterocycles. The number of esters is 1. The van der Waals surface area contributed by atoms with E-state index in [1.54, 1.807) is 10.9 Å². The summed E-state index contributed by atoms with van der Waals surface area (Å²) in [6, 6.07) is 11.4. The fraction of sp³-hybridized carbons (Fsp3) is 0.519. The van der Waals surface area contributed by atoms with Crippen molar-refractivity contribution in [3.8, 4) is 5.69 Å². The zero-order valence-electron chi connectivity index (χ0n) is 20.4. The summed E-state index contributed by atoms with van der Waals surface area (Å²) in [6.45, 7) is 8.93. The molecule has 0 aliphatic rings. The minimum Gasteiger partial charge on any atom is -0.462 e. The van der Waals surface area contributed by atoms with E-state index in [-0.39, 0.29) is 18.0 Å². The van der Waals surface area contributed by atoms with Gasteiger partial charge in [0, 0.05) is 6.61 Å². The maximum absolute atomic E-state index is 13.0. The van der Waals surface area contributed by atoms with E-state index >= 15 is 0 Å². The van der Waals surface area contributed by atoms with Gasteiger partial charge in [-0.2, -0.15) is 4.80 Å². The van der Waals surface area contributed by atoms with Gasteiger partial charge in [0.1, 0.15) is 11.0 Å². The van der Waals surface area contributed by atoms with Crippen molar-refractivity contribution in [2.75, 3.05) is 13.2 Å². The van der Waals surface area contributed by atoms with Crippen molar-refractivity contribution in [2.45, 2.75) is 78.1 Å². The first kappa shape index (κ1) is 24.9. The van der Waals surface area contributed by atoms with Crippen LogP contribution in [-0.4, -0.2) is 39.3 Å². The van der Waals surface area contributed by atoms with Crippen molar-refractivity contribution in [2.24, 2.45) is 0 Å². The maximum Gasteiger partial charge on any atom is 0.338 e. The lowest BCUT2D eigenvalue weighted by Crippen LogP contribution is -2.20. The topological polar surface area (TPSA) is 77.2 Å². The van der Waals surface area contributed by atoms with Crippen LogP contribution in [0, 0.1) is 0 Å². The van der Waals surface area contributed by atoms with Crippen molar-refractivity contribution in [3.05, 3.63) is 53.1 Å². The Morgan fingerprint density at radius 1 is 1.00 bits per heavy atom. The van der Waals surface area contributed by atoms with Crippen LogP contribution in [0.25, 0.3) is 16.7 Å². The number of carbonyl (C=O) groups is 1. The number of hydrogen-bond donors (Lipinski definition) is 1. The number of hydrogen-bond acceptors (Lipinski definition) is 5. The van der Waals surface area contributed by atoms with Gasteiger partial charge in [0.2, 0.25) is 0 Å². The lowest BCUT2D eigenvalue weighted by Gasteiger charge is -2.25. The van der Waals surface area contributed by atoms with Crippen LogP contribution < -0.4 is 0 Å². The van der Waals surface area contributed by atoms with Gasteiger partial charge in [0.25, 0.3) is 0 Å². The third-order valence-electron chi connectivity index (χ3n) is 5.87. The van der Waals surface area contributed by atoms with E-state index in [0.29, 0.717) is 24.3 Å². The molecule has 0 amide bonds. The number of unbranched alkanes of at least 4 members (excludes halogenated alkanes) is 5. The Morgan fingerprint density at radius 3 is 2.24 bits per heavy atom. The summed E-state index contributed by atoms with van der Waals surface area (Å²) in [6.07, 6.45) is 7.30. The molecular weight excluding hydrogens is 414 g/mol. The molecule has 2 aromatic carbocycles. The van der Waals surface area contributed by atoms with Gasteiger partial charge in [0.05, 0.1) is 17.9 Å². The average Bonchev–Trinajstić information content (AvgIpc) is 3.22. The molecule has 0 aliphatic carbocycles. The summed E-state index contributed by atoms with van der Waals surface area (Å²) in [7, 11) is 0. The highest BCUT2D eigenvalue weighted by Crippen LogP contribution is 2.32. The number of fused-ring (bicyclic) bond motifs is 1. The van der Waals surface area contributed by atoms with Crippen molar-refractivity contribution >= 4 is 17.0 Å². The molecule has 178 valence electrons. The van der Waals surface area contributed by atoms with Crippen LogP contribution in [-0.2, 0) is 16.6 Å². The summed E-state index contributed by atoms with van der Waals surface area (Å²) >= 11 is 0. The van der Waals surface area contributed by atoms with Crippen LogP contribution in [0.15, 0.2) is 36.4 Å². The molecule has 3 rings (SSSR count). The van der Waals surface area contributed by atoms with Crippen molar-refractivity contribution in [1.29, 1.82) is 0 Å². The van der Waals surface area contributed by atoms with Crippen LogP contribution >= 0.6 is 0 Å². The average molecular weight is 452 g/mol. The van der Waals surface area contributed by atoms with E-state index in [9.17, 15) is 9.90 Å². The number of nitrogens with zero attached hydrogens (tertiary/aromatic N) is 3. The molecule has 0 saturated carbocycles. The summed E-state index contributed by atoms with van der Waals surface area (Å²) in [5.74, 6) is -0.331. The summed E-state index contributed by atoms with van der Waals surface area (Å²) in [5.41, 5.74) is 4.45. The third-order valence-corrected chi connectivity index (χ3v) is 5.87. The number of aliphatic hydroxyl groups is 1. The molecule has 1 N–H and O–H groups in total. The second-order valence-corrected chi connectivity index (χ2v) is 9.63. The SMILES string of the molecule is CCCCCCCCOC(=O)c1cc(-n2nc3ccccc3n2)c(CCO)c(C(C)(C)C)c1. The molecule has 3 aromatic rings. The summed E-state index contributed by atoms with van der Waals surface area (Å²) < 4.78 is 5.61. The number of ether oxygens (including phenoxy) is 1. The highest BCUT2D eigenvalue weighted by molar-refractivity contribution is 5.91. The maximum atomic E-state index is 13.0. The van der Waals surface area contributed by atoms with Crippen molar-refractivity contribution < 1.29 is 14.6 Å². The molecular formula is C27H37N3O3. The molecule has 0 fully saturated rings. The monoisotopic (exact) mass is 451 g/mol. The Kier molecular flexibility index (Phi) is 8.61.